The van der Waals surface area contributed by atoms with Crippen LogP contribution in [0.1, 0.15) is 10.6 Å². The van der Waals surface area contributed by atoms with Crippen molar-refractivity contribution in [3.05, 3.63) is 34.1 Å². The van der Waals surface area contributed by atoms with Crippen molar-refractivity contribution in [2.45, 2.75) is 3.92 Å². The number of anilines is 1. The van der Waals surface area contributed by atoms with Crippen molar-refractivity contribution >= 4 is 50.7 Å². The number of halogens is 1. The van der Waals surface area contributed by atoms with E-state index in [1.807, 2.05) is 0 Å². The lowest BCUT2D eigenvalue weighted by Gasteiger charge is -2.16. The number of alkyl halides is 1. The first kappa shape index (κ1) is 10.3. The van der Waals surface area contributed by atoms with E-state index in [2.05, 4.69) is 45.8 Å². The van der Waals surface area contributed by atoms with Gasteiger partial charge >= 0.3 is 0 Å². The zero-order valence-corrected chi connectivity index (χ0v) is 11.5. The Morgan fingerprint density at radius 2 is 2.31 bits per heavy atom. The van der Waals surface area contributed by atoms with Crippen molar-refractivity contribution in [3.8, 4) is 0 Å². The molecule has 0 fully saturated rings. The van der Waals surface area contributed by atoms with E-state index in [0.29, 0.717) is 5.13 Å². The first-order valence-corrected chi connectivity index (χ1v) is 6.85. The van der Waals surface area contributed by atoms with Crippen LogP contribution in [-0.4, -0.2) is 16.0 Å². The number of nitrogens with two attached hydrogens (primary N) is 1. The van der Waals surface area contributed by atoms with E-state index in [4.69, 9.17) is 10.5 Å². The number of ether oxygens (including phenoxy) is 1. The molecule has 0 amide bonds. The van der Waals surface area contributed by atoms with Crippen LogP contribution in [0.4, 0.5) is 5.13 Å². The fourth-order valence-corrected chi connectivity index (χ4v) is 3.52. The Labute approximate surface area is 111 Å². The van der Waals surface area contributed by atoms with Gasteiger partial charge in [-0.15, -0.1) is 0 Å². The molecule has 82 valence electrons. The van der Waals surface area contributed by atoms with Gasteiger partial charge in [-0.05, 0) is 17.7 Å². The Morgan fingerprint density at radius 3 is 3.06 bits per heavy atom. The molecule has 2 N–H and O–H groups in total. The van der Waals surface area contributed by atoms with E-state index in [1.54, 1.807) is 7.11 Å². The second-order valence-electron chi connectivity index (χ2n) is 3.60. The van der Waals surface area contributed by atoms with Crippen molar-refractivity contribution in [2.24, 2.45) is 0 Å². The average molecular weight is 344 g/mol. The summed E-state index contributed by atoms with van der Waals surface area (Å²) >= 11 is 3.88. The molecular weight excluding hydrogens is 335 g/mol. The summed E-state index contributed by atoms with van der Waals surface area (Å²) in [5, 5.41) is 0.632. The summed E-state index contributed by atoms with van der Waals surface area (Å²) in [6.45, 7) is 0. The Balaban J connectivity index is 2.13. The van der Waals surface area contributed by atoms with E-state index in [-0.39, 0.29) is 3.92 Å². The van der Waals surface area contributed by atoms with Crippen molar-refractivity contribution in [3.63, 3.8) is 0 Å². The lowest BCUT2D eigenvalue weighted by atomic mass is 10.0. The fourth-order valence-electron chi connectivity index (χ4n) is 1.92. The molecule has 2 aliphatic carbocycles. The summed E-state index contributed by atoms with van der Waals surface area (Å²) in [4.78, 5) is 5.51. The predicted octanol–water partition coefficient (Wildman–Crippen LogP) is 2.85. The number of allylic oxidation sites excluding steroid dienone is 4. The summed E-state index contributed by atoms with van der Waals surface area (Å²) < 4.78 is 5.60. The Bertz CT molecular complexity index is 556. The summed E-state index contributed by atoms with van der Waals surface area (Å²) in [5.41, 5.74) is 9.09. The molecule has 1 aromatic rings. The standard InChI is InChI=1S/C11H9IN2OS/c1-15-8-2-5-3-9-10(14-11(13)16-9)6(5)4-7(8)12/h2-4,7H,1H3,(H2,13,14). The lowest BCUT2D eigenvalue weighted by Crippen LogP contribution is -2.07. The van der Waals surface area contributed by atoms with Crippen LogP contribution in [0.5, 0.6) is 0 Å². The number of aromatic nitrogens is 1. The van der Waals surface area contributed by atoms with E-state index in [0.717, 1.165) is 16.3 Å². The van der Waals surface area contributed by atoms with Crippen LogP contribution in [0.15, 0.2) is 23.5 Å². The molecule has 0 spiro atoms. The topological polar surface area (TPSA) is 48.1 Å². The van der Waals surface area contributed by atoms with Crippen molar-refractivity contribution < 1.29 is 4.74 Å². The second kappa shape index (κ2) is 3.59. The molecule has 1 heterocycles. The highest BCUT2D eigenvalue weighted by Gasteiger charge is 2.27. The molecule has 1 aromatic heterocycles. The number of nitrogen functional groups attached to an aromatic ring is 1. The molecular formula is C11H9IN2OS. The van der Waals surface area contributed by atoms with Crippen LogP contribution in [0.3, 0.4) is 0 Å². The SMILES string of the molecule is COC1=CC2=Cc3sc(N)nc3C2=CC1I. The van der Waals surface area contributed by atoms with Crippen LogP contribution < -0.4 is 5.73 Å². The van der Waals surface area contributed by atoms with Crippen LogP contribution >= 0.6 is 33.9 Å². The summed E-state index contributed by atoms with van der Waals surface area (Å²) in [6, 6.07) is 0. The molecule has 0 saturated carbocycles. The molecule has 16 heavy (non-hydrogen) atoms. The molecule has 0 radical (unpaired) electrons. The van der Waals surface area contributed by atoms with Crippen LogP contribution in [-0.2, 0) is 4.74 Å². The van der Waals surface area contributed by atoms with Gasteiger partial charge in [0, 0.05) is 5.57 Å². The fraction of sp³-hybridized carbons (Fsp3) is 0.182. The van der Waals surface area contributed by atoms with Crippen LogP contribution in [0, 0.1) is 0 Å². The zero-order chi connectivity index (χ0) is 11.3. The Hall–Kier alpha value is -0.820. The van der Waals surface area contributed by atoms with Gasteiger partial charge in [0.15, 0.2) is 5.13 Å². The van der Waals surface area contributed by atoms with Gasteiger partial charge in [-0.3, -0.25) is 0 Å². The van der Waals surface area contributed by atoms with Gasteiger partial charge in [-0.25, -0.2) is 4.98 Å². The maximum absolute atomic E-state index is 5.71. The number of thiazole rings is 1. The molecule has 1 atom stereocenters. The van der Waals surface area contributed by atoms with Gasteiger partial charge in [-0.1, -0.05) is 40.0 Å². The van der Waals surface area contributed by atoms with Gasteiger partial charge in [0.25, 0.3) is 0 Å². The molecule has 1 unspecified atom stereocenters. The third-order valence-electron chi connectivity index (χ3n) is 2.64. The monoisotopic (exact) mass is 344 g/mol. The highest BCUT2D eigenvalue weighted by molar-refractivity contribution is 14.1. The zero-order valence-electron chi connectivity index (χ0n) is 8.53. The normalized spacial score (nSPS) is 21.9. The number of rotatable bonds is 1. The van der Waals surface area contributed by atoms with Crippen molar-refractivity contribution in [1.29, 1.82) is 0 Å². The Morgan fingerprint density at radius 1 is 1.50 bits per heavy atom. The first-order valence-electron chi connectivity index (χ1n) is 4.79. The molecule has 5 heteroatoms. The van der Waals surface area contributed by atoms with E-state index in [9.17, 15) is 0 Å². The first-order chi connectivity index (χ1) is 7.69. The minimum atomic E-state index is 0.267. The number of hydrogen-bond donors (Lipinski definition) is 1. The maximum atomic E-state index is 5.71. The predicted molar refractivity (Wildman–Crippen MR) is 75.4 cm³/mol. The Kier molecular flexibility index (Phi) is 2.32. The second-order valence-corrected chi connectivity index (χ2v) is 6.00. The largest absolute Gasteiger partial charge is 0.500 e. The number of fused-ring (bicyclic) bond motifs is 3. The van der Waals surface area contributed by atoms with Gasteiger partial charge in [-0.2, -0.15) is 0 Å². The highest BCUT2D eigenvalue weighted by Crippen LogP contribution is 2.43. The van der Waals surface area contributed by atoms with Gasteiger partial charge in [0.2, 0.25) is 0 Å². The van der Waals surface area contributed by atoms with Gasteiger partial charge in [0.05, 0.1) is 21.6 Å². The quantitative estimate of drug-likeness (QED) is 0.630. The third kappa shape index (κ3) is 1.41. The number of hydrogen-bond acceptors (Lipinski definition) is 4. The lowest BCUT2D eigenvalue weighted by molar-refractivity contribution is 0.289. The van der Waals surface area contributed by atoms with Crippen molar-refractivity contribution in [2.75, 3.05) is 12.8 Å². The minimum absolute atomic E-state index is 0.267. The molecule has 0 bridgehead atoms. The number of nitrogens with zero attached hydrogens (tertiary/aromatic N) is 1. The smallest absolute Gasteiger partial charge is 0.181 e. The summed E-state index contributed by atoms with van der Waals surface area (Å²) in [7, 11) is 1.71. The summed E-state index contributed by atoms with van der Waals surface area (Å²) in [5.74, 6) is 0.985. The van der Waals surface area contributed by atoms with E-state index >= 15 is 0 Å². The third-order valence-corrected chi connectivity index (χ3v) is 4.45. The van der Waals surface area contributed by atoms with Crippen molar-refractivity contribution in [1.82, 2.24) is 4.98 Å². The molecule has 0 saturated heterocycles. The van der Waals surface area contributed by atoms with Gasteiger partial charge in [0.1, 0.15) is 5.76 Å². The molecule has 0 aliphatic heterocycles. The molecule has 3 nitrogen and oxygen atoms in total. The minimum Gasteiger partial charge on any atom is -0.500 e. The van der Waals surface area contributed by atoms with Gasteiger partial charge < -0.3 is 10.5 Å². The number of methoxy groups -OCH3 is 1. The molecule has 2 aliphatic rings. The van der Waals surface area contributed by atoms with Crippen LogP contribution in [0.25, 0.3) is 11.6 Å². The van der Waals surface area contributed by atoms with Crippen LogP contribution in [0.2, 0.25) is 0 Å². The van der Waals surface area contributed by atoms with E-state index in [1.165, 1.54) is 22.5 Å². The molecule has 0 aromatic carbocycles. The average Bonchev–Trinajstić information content (AvgIpc) is 2.74. The molecule has 3 rings (SSSR count). The highest BCUT2D eigenvalue weighted by atomic mass is 127. The summed E-state index contributed by atoms with van der Waals surface area (Å²) in [6.07, 6.45) is 6.38. The maximum Gasteiger partial charge on any atom is 0.181 e. The van der Waals surface area contributed by atoms with E-state index < -0.39 is 0 Å².